The summed E-state index contributed by atoms with van der Waals surface area (Å²) in [5.74, 6) is 0.836. The van der Waals surface area contributed by atoms with E-state index in [1.54, 1.807) is 72.8 Å². The molecule has 10 heteroatoms. The Morgan fingerprint density at radius 1 is 1.05 bits per heavy atom. The topological polar surface area (TPSA) is 141 Å². The standard InChI is InChI=1S/C28H29N3O7/c1-18(9-12-26(33)31-23-8-3-2-7-22(23)29)27(19-5-4-6-21(15-19)35-14-13-32)38-28(34)30-20-10-11-24-25(16-20)37-17-36-24/h2-12,15-16,18,27,32H,13-14,17,29H2,1H3,(H,30,34)(H,31,33)/b12-9+/t18-,27-/m0/s1. The molecule has 198 valence electrons. The summed E-state index contributed by atoms with van der Waals surface area (Å²) in [4.78, 5) is 25.4. The number of rotatable bonds is 10. The summed E-state index contributed by atoms with van der Waals surface area (Å²) in [6, 6.07) is 19.0. The van der Waals surface area contributed by atoms with Crippen molar-refractivity contribution in [2.75, 3.05) is 36.4 Å². The normalized spacial score (nSPS) is 13.5. The van der Waals surface area contributed by atoms with Gasteiger partial charge in [0.1, 0.15) is 18.5 Å². The van der Waals surface area contributed by atoms with Gasteiger partial charge >= 0.3 is 6.09 Å². The molecule has 0 aliphatic carbocycles. The van der Waals surface area contributed by atoms with Crippen LogP contribution < -0.4 is 30.6 Å². The highest BCUT2D eigenvalue weighted by molar-refractivity contribution is 6.01. The number of benzene rings is 3. The summed E-state index contributed by atoms with van der Waals surface area (Å²) in [6.07, 6.45) is 1.55. The Labute approximate surface area is 220 Å². The van der Waals surface area contributed by atoms with Crippen LogP contribution in [0.1, 0.15) is 18.6 Å². The van der Waals surface area contributed by atoms with E-state index in [0.717, 1.165) is 0 Å². The van der Waals surface area contributed by atoms with Crippen molar-refractivity contribution in [3.05, 3.63) is 84.4 Å². The molecule has 0 fully saturated rings. The quantitative estimate of drug-likeness (QED) is 0.227. The van der Waals surface area contributed by atoms with Gasteiger partial charge in [-0.25, -0.2) is 4.79 Å². The Hall–Kier alpha value is -4.70. The maximum Gasteiger partial charge on any atom is 0.412 e. The smallest absolute Gasteiger partial charge is 0.412 e. The molecular weight excluding hydrogens is 490 g/mol. The van der Waals surface area contributed by atoms with E-state index < -0.39 is 18.1 Å². The van der Waals surface area contributed by atoms with Crippen LogP contribution in [-0.4, -0.2) is 37.1 Å². The molecule has 1 heterocycles. The van der Waals surface area contributed by atoms with Crippen LogP contribution in [0.4, 0.5) is 21.9 Å². The van der Waals surface area contributed by atoms with Gasteiger partial charge < -0.3 is 35.1 Å². The number of carbonyl (C=O) groups is 2. The van der Waals surface area contributed by atoms with E-state index in [1.165, 1.54) is 6.08 Å². The highest BCUT2D eigenvalue weighted by Gasteiger charge is 2.24. The number of nitrogens with two attached hydrogens (primary N) is 1. The molecule has 38 heavy (non-hydrogen) atoms. The van der Waals surface area contributed by atoms with Crippen molar-refractivity contribution in [3.8, 4) is 17.2 Å². The molecule has 0 bridgehead atoms. The fraction of sp³-hybridized carbons (Fsp3) is 0.214. The van der Waals surface area contributed by atoms with Crippen molar-refractivity contribution in [1.82, 2.24) is 0 Å². The number of carbonyl (C=O) groups excluding carboxylic acids is 2. The van der Waals surface area contributed by atoms with Gasteiger partial charge in [-0.3, -0.25) is 10.1 Å². The van der Waals surface area contributed by atoms with Crippen LogP contribution in [0, 0.1) is 5.92 Å². The number of ether oxygens (including phenoxy) is 4. The maximum absolute atomic E-state index is 12.9. The Kier molecular flexibility index (Phi) is 8.68. The van der Waals surface area contributed by atoms with Crippen molar-refractivity contribution in [2.45, 2.75) is 13.0 Å². The minimum atomic E-state index is -0.771. The number of aliphatic hydroxyl groups is 1. The zero-order chi connectivity index (χ0) is 26.9. The molecule has 0 unspecified atom stereocenters. The van der Waals surface area contributed by atoms with Gasteiger partial charge in [0.15, 0.2) is 11.5 Å². The fourth-order valence-corrected chi connectivity index (χ4v) is 3.79. The van der Waals surface area contributed by atoms with Crippen LogP contribution in [0.25, 0.3) is 0 Å². The SMILES string of the molecule is C[C@@H](/C=C/C(=O)Nc1ccccc1N)[C@H](OC(=O)Nc1ccc2c(c1)OCO2)c1cccc(OCCO)c1. The molecule has 0 saturated carbocycles. The lowest BCUT2D eigenvalue weighted by Gasteiger charge is -2.23. The van der Waals surface area contributed by atoms with Crippen LogP contribution >= 0.6 is 0 Å². The zero-order valence-corrected chi connectivity index (χ0v) is 20.8. The average Bonchev–Trinajstić information content (AvgIpc) is 3.39. The van der Waals surface area contributed by atoms with E-state index in [4.69, 9.17) is 29.8 Å². The van der Waals surface area contributed by atoms with E-state index in [-0.39, 0.29) is 25.9 Å². The predicted octanol–water partition coefficient (Wildman–Crippen LogP) is 4.49. The molecule has 0 aromatic heterocycles. The van der Waals surface area contributed by atoms with E-state index >= 15 is 0 Å². The average molecular weight is 520 g/mol. The number of para-hydroxylation sites is 2. The molecular formula is C28H29N3O7. The van der Waals surface area contributed by atoms with Crippen LogP contribution in [0.15, 0.2) is 78.9 Å². The Morgan fingerprint density at radius 3 is 2.68 bits per heavy atom. The molecule has 0 saturated heterocycles. The van der Waals surface area contributed by atoms with Crippen molar-refractivity contribution < 1.29 is 33.6 Å². The number of fused-ring (bicyclic) bond motifs is 1. The molecule has 1 aliphatic heterocycles. The molecule has 0 spiro atoms. The molecule has 5 N–H and O–H groups in total. The first kappa shape index (κ1) is 26.4. The largest absolute Gasteiger partial charge is 0.491 e. The monoisotopic (exact) mass is 519 g/mol. The third-order valence-electron chi connectivity index (χ3n) is 5.65. The third-order valence-corrected chi connectivity index (χ3v) is 5.65. The van der Waals surface area contributed by atoms with Crippen molar-refractivity contribution in [3.63, 3.8) is 0 Å². The second-order valence-electron chi connectivity index (χ2n) is 8.46. The maximum atomic E-state index is 12.9. The number of hydrogen-bond acceptors (Lipinski definition) is 8. The second-order valence-corrected chi connectivity index (χ2v) is 8.46. The molecule has 3 aromatic carbocycles. The number of nitrogens with one attached hydrogen (secondary N) is 2. The number of hydrogen-bond donors (Lipinski definition) is 4. The Balaban J connectivity index is 1.50. The molecule has 1 aliphatic rings. The minimum Gasteiger partial charge on any atom is -0.491 e. The van der Waals surface area contributed by atoms with E-state index in [2.05, 4.69) is 10.6 Å². The van der Waals surface area contributed by atoms with Crippen LogP contribution in [0.2, 0.25) is 0 Å². The van der Waals surface area contributed by atoms with E-state index in [9.17, 15) is 9.59 Å². The van der Waals surface area contributed by atoms with Gasteiger partial charge in [-0.15, -0.1) is 0 Å². The van der Waals surface area contributed by atoms with Crippen LogP contribution in [0.5, 0.6) is 17.2 Å². The van der Waals surface area contributed by atoms with Gasteiger partial charge in [0.25, 0.3) is 0 Å². The van der Waals surface area contributed by atoms with E-state index in [0.29, 0.717) is 39.9 Å². The summed E-state index contributed by atoms with van der Waals surface area (Å²) in [7, 11) is 0. The summed E-state index contributed by atoms with van der Waals surface area (Å²) >= 11 is 0. The van der Waals surface area contributed by atoms with Crippen molar-refractivity contribution >= 4 is 29.1 Å². The predicted molar refractivity (Wildman–Crippen MR) is 142 cm³/mol. The third kappa shape index (κ3) is 6.95. The lowest BCUT2D eigenvalue weighted by Crippen LogP contribution is -2.21. The minimum absolute atomic E-state index is 0.119. The lowest BCUT2D eigenvalue weighted by molar-refractivity contribution is -0.111. The van der Waals surface area contributed by atoms with Gasteiger partial charge in [-0.2, -0.15) is 0 Å². The van der Waals surface area contributed by atoms with E-state index in [1.807, 2.05) is 6.92 Å². The second kappa shape index (κ2) is 12.5. The first-order valence-corrected chi connectivity index (χ1v) is 12.0. The van der Waals surface area contributed by atoms with Gasteiger partial charge in [0.05, 0.1) is 18.0 Å². The number of anilines is 3. The molecule has 2 amide bonds. The van der Waals surface area contributed by atoms with Gasteiger partial charge in [-0.05, 0) is 48.0 Å². The number of nitrogen functional groups attached to an aromatic ring is 1. The Bertz CT molecular complexity index is 1310. The van der Waals surface area contributed by atoms with Gasteiger partial charge in [-0.1, -0.05) is 37.3 Å². The van der Waals surface area contributed by atoms with Gasteiger partial charge in [0.2, 0.25) is 12.7 Å². The zero-order valence-electron chi connectivity index (χ0n) is 20.8. The molecule has 3 aromatic rings. The summed E-state index contributed by atoms with van der Waals surface area (Å²) in [6.45, 7) is 1.93. The lowest BCUT2D eigenvalue weighted by atomic mass is 9.96. The molecule has 4 rings (SSSR count). The van der Waals surface area contributed by atoms with Crippen LogP contribution in [-0.2, 0) is 9.53 Å². The van der Waals surface area contributed by atoms with Gasteiger partial charge in [0, 0.05) is 17.7 Å². The summed E-state index contributed by atoms with van der Waals surface area (Å²) < 4.78 is 22.0. The van der Waals surface area contributed by atoms with Crippen LogP contribution in [0.3, 0.4) is 0 Å². The molecule has 2 atom stereocenters. The summed E-state index contributed by atoms with van der Waals surface area (Å²) in [5.41, 5.74) is 7.97. The summed E-state index contributed by atoms with van der Waals surface area (Å²) in [5, 5.41) is 14.5. The van der Waals surface area contributed by atoms with Crippen molar-refractivity contribution in [1.29, 1.82) is 0 Å². The first-order chi connectivity index (χ1) is 18.4. The highest BCUT2D eigenvalue weighted by Crippen LogP contribution is 2.35. The number of amides is 2. The molecule has 10 nitrogen and oxygen atoms in total. The van der Waals surface area contributed by atoms with Crippen molar-refractivity contribution in [2.24, 2.45) is 5.92 Å². The first-order valence-electron chi connectivity index (χ1n) is 12.0. The fourth-order valence-electron chi connectivity index (χ4n) is 3.79. The highest BCUT2D eigenvalue weighted by atomic mass is 16.7. The number of aliphatic hydroxyl groups excluding tert-OH is 1. The Morgan fingerprint density at radius 2 is 1.87 bits per heavy atom. The molecule has 0 radical (unpaired) electrons.